The fraction of sp³-hybridized carbons (Fsp3) is 0.750. The van der Waals surface area contributed by atoms with Crippen molar-refractivity contribution < 1.29 is 9.47 Å². The largest absolute Gasteiger partial charge is 0.376 e. The van der Waals surface area contributed by atoms with Crippen LogP contribution in [0.5, 0.6) is 0 Å². The zero-order valence-corrected chi connectivity index (χ0v) is 13.0. The molecular formula is C16H25N3O2. The van der Waals surface area contributed by atoms with Crippen LogP contribution in [0.2, 0.25) is 0 Å². The summed E-state index contributed by atoms with van der Waals surface area (Å²) in [5, 5.41) is 3.53. The van der Waals surface area contributed by atoms with E-state index in [0.29, 0.717) is 31.8 Å². The standard InChI is InChI=1S/C16H25N3O2/c1-11(2)17-8-12-3-4-14-13(7-12)9-18-16(19-14)15-10-20-5-6-21-15/h9,11-12,15,17H,3-8,10H2,1-2H3. The van der Waals surface area contributed by atoms with Crippen LogP contribution in [0, 0.1) is 5.92 Å². The Bertz CT molecular complexity index is 473. The van der Waals surface area contributed by atoms with Crippen LogP contribution in [0.1, 0.15) is 43.5 Å². The van der Waals surface area contributed by atoms with Gasteiger partial charge in [0.1, 0.15) is 6.10 Å². The lowest BCUT2D eigenvalue weighted by molar-refractivity contribution is -0.0936. The number of rotatable bonds is 4. The van der Waals surface area contributed by atoms with E-state index in [0.717, 1.165) is 25.2 Å². The fourth-order valence-corrected chi connectivity index (χ4v) is 2.97. The highest BCUT2D eigenvalue weighted by atomic mass is 16.6. The minimum absolute atomic E-state index is 0.0932. The molecule has 2 aliphatic rings. The molecule has 1 aliphatic heterocycles. The third-order valence-corrected chi connectivity index (χ3v) is 4.19. The summed E-state index contributed by atoms with van der Waals surface area (Å²) in [5.74, 6) is 1.48. The first kappa shape index (κ1) is 14.9. The maximum atomic E-state index is 5.68. The maximum Gasteiger partial charge on any atom is 0.159 e. The molecule has 2 unspecified atom stereocenters. The van der Waals surface area contributed by atoms with Crippen molar-refractivity contribution in [3.8, 4) is 0 Å². The molecular weight excluding hydrogens is 266 g/mol. The van der Waals surface area contributed by atoms with Crippen molar-refractivity contribution in [3.05, 3.63) is 23.3 Å². The third kappa shape index (κ3) is 3.78. The summed E-state index contributed by atoms with van der Waals surface area (Å²) in [7, 11) is 0. The summed E-state index contributed by atoms with van der Waals surface area (Å²) in [5.41, 5.74) is 2.51. The lowest BCUT2D eigenvalue weighted by atomic mass is 9.87. The van der Waals surface area contributed by atoms with E-state index >= 15 is 0 Å². The van der Waals surface area contributed by atoms with E-state index in [1.165, 1.54) is 17.7 Å². The summed E-state index contributed by atoms with van der Waals surface area (Å²) in [6, 6.07) is 0.550. The minimum Gasteiger partial charge on any atom is -0.376 e. The Morgan fingerprint density at radius 1 is 1.38 bits per heavy atom. The Morgan fingerprint density at radius 3 is 3.05 bits per heavy atom. The molecule has 0 saturated carbocycles. The molecule has 1 fully saturated rings. The number of nitrogens with one attached hydrogen (secondary N) is 1. The second-order valence-electron chi connectivity index (χ2n) is 6.31. The average Bonchev–Trinajstić information content (AvgIpc) is 2.53. The third-order valence-electron chi connectivity index (χ3n) is 4.19. The Morgan fingerprint density at radius 2 is 2.29 bits per heavy atom. The van der Waals surface area contributed by atoms with Gasteiger partial charge in [-0.2, -0.15) is 0 Å². The molecule has 3 rings (SSSR count). The van der Waals surface area contributed by atoms with Gasteiger partial charge < -0.3 is 14.8 Å². The van der Waals surface area contributed by atoms with E-state index in [9.17, 15) is 0 Å². The lowest BCUT2D eigenvalue weighted by Crippen LogP contribution is -2.32. The summed E-state index contributed by atoms with van der Waals surface area (Å²) < 4.78 is 11.1. The fourth-order valence-electron chi connectivity index (χ4n) is 2.97. The van der Waals surface area contributed by atoms with Gasteiger partial charge in [-0.25, -0.2) is 9.97 Å². The molecule has 5 heteroatoms. The van der Waals surface area contributed by atoms with Gasteiger partial charge in [0.05, 0.1) is 19.8 Å². The van der Waals surface area contributed by atoms with Crippen LogP contribution in [0.25, 0.3) is 0 Å². The van der Waals surface area contributed by atoms with Crippen molar-refractivity contribution in [3.63, 3.8) is 0 Å². The number of aromatic nitrogens is 2. The second-order valence-corrected chi connectivity index (χ2v) is 6.31. The van der Waals surface area contributed by atoms with E-state index in [-0.39, 0.29) is 6.10 Å². The Kier molecular flexibility index (Phi) is 4.83. The van der Waals surface area contributed by atoms with Crippen molar-refractivity contribution in [2.24, 2.45) is 5.92 Å². The van der Waals surface area contributed by atoms with E-state index in [1.54, 1.807) is 0 Å². The number of hydrogen-bond donors (Lipinski definition) is 1. The molecule has 0 aromatic carbocycles. The quantitative estimate of drug-likeness (QED) is 0.914. The Hall–Kier alpha value is -1.04. The van der Waals surface area contributed by atoms with Gasteiger partial charge in [-0.3, -0.25) is 0 Å². The van der Waals surface area contributed by atoms with Crippen LogP contribution in [-0.4, -0.2) is 42.4 Å². The topological polar surface area (TPSA) is 56.3 Å². The summed E-state index contributed by atoms with van der Waals surface area (Å²) >= 11 is 0. The number of fused-ring (bicyclic) bond motifs is 1. The molecule has 0 radical (unpaired) electrons. The van der Waals surface area contributed by atoms with Crippen molar-refractivity contribution in [1.82, 2.24) is 15.3 Å². The van der Waals surface area contributed by atoms with Crippen molar-refractivity contribution in [1.29, 1.82) is 0 Å². The Balaban J connectivity index is 1.64. The molecule has 1 saturated heterocycles. The highest BCUT2D eigenvalue weighted by molar-refractivity contribution is 5.22. The van der Waals surface area contributed by atoms with Crippen molar-refractivity contribution in [2.75, 3.05) is 26.4 Å². The molecule has 1 aliphatic carbocycles. The van der Waals surface area contributed by atoms with Crippen LogP contribution in [0.3, 0.4) is 0 Å². The number of ether oxygens (including phenoxy) is 2. The zero-order valence-electron chi connectivity index (χ0n) is 13.0. The molecule has 1 N–H and O–H groups in total. The normalized spacial score (nSPS) is 25.9. The molecule has 116 valence electrons. The minimum atomic E-state index is -0.0932. The molecule has 1 aromatic rings. The van der Waals surface area contributed by atoms with E-state index in [4.69, 9.17) is 14.5 Å². The van der Waals surface area contributed by atoms with Crippen molar-refractivity contribution in [2.45, 2.75) is 45.3 Å². The van der Waals surface area contributed by atoms with Gasteiger partial charge in [0.15, 0.2) is 5.82 Å². The van der Waals surface area contributed by atoms with Gasteiger partial charge >= 0.3 is 0 Å². The summed E-state index contributed by atoms with van der Waals surface area (Å²) in [6.45, 7) is 7.34. The van der Waals surface area contributed by atoms with Gasteiger partial charge in [0.25, 0.3) is 0 Å². The monoisotopic (exact) mass is 291 g/mol. The van der Waals surface area contributed by atoms with Gasteiger partial charge in [-0.1, -0.05) is 13.8 Å². The second kappa shape index (κ2) is 6.81. The molecule has 5 nitrogen and oxygen atoms in total. The molecule has 0 bridgehead atoms. The number of hydrogen-bond acceptors (Lipinski definition) is 5. The van der Waals surface area contributed by atoms with Crippen LogP contribution in [0.4, 0.5) is 0 Å². The molecule has 1 aromatic heterocycles. The molecule has 2 atom stereocenters. The van der Waals surface area contributed by atoms with Gasteiger partial charge in [-0.05, 0) is 37.3 Å². The molecule has 21 heavy (non-hydrogen) atoms. The first-order chi connectivity index (χ1) is 10.2. The molecule has 2 heterocycles. The highest BCUT2D eigenvalue weighted by Crippen LogP contribution is 2.25. The lowest BCUT2D eigenvalue weighted by Gasteiger charge is -2.26. The van der Waals surface area contributed by atoms with Crippen molar-refractivity contribution >= 4 is 0 Å². The van der Waals surface area contributed by atoms with Crippen LogP contribution >= 0.6 is 0 Å². The van der Waals surface area contributed by atoms with Gasteiger partial charge in [0.2, 0.25) is 0 Å². The average molecular weight is 291 g/mol. The first-order valence-corrected chi connectivity index (χ1v) is 8.00. The van der Waals surface area contributed by atoms with Gasteiger partial charge in [0, 0.05) is 17.9 Å². The molecule has 0 amide bonds. The predicted molar refractivity (Wildman–Crippen MR) is 80.2 cm³/mol. The zero-order chi connectivity index (χ0) is 14.7. The maximum absolute atomic E-state index is 5.68. The SMILES string of the molecule is CC(C)NCC1CCc2nc(C3COCCO3)ncc2C1. The van der Waals surface area contributed by atoms with Crippen LogP contribution < -0.4 is 5.32 Å². The first-order valence-electron chi connectivity index (χ1n) is 8.00. The predicted octanol–water partition coefficient (Wildman–Crippen LogP) is 1.67. The highest BCUT2D eigenvalue weighted by Gasteiger charge is 2.24. The smallest absolute Gasteiger partial charge is 0.159 e. The summed E-state index contributed by atoms with van der Waals surface area (Å²) in [4.78, 5) is 9.24. The van der Waals surface area contributed by atoms with Crippen LogP contribution in [-0.2, 0) is 22.3 Å². The van der Waals surface area contributed by atoms with Crippen LogP contribution in [0.15, 0.2) is 6.20 Å². The van der Waals surface area contributed by atoms with Gasteiger partial charge in [-0.15, -0.1) is 0 Å². The number of aryl methyl sites for hydroxylation is 1. The Labute approximate surface area is 126 Å². The summed E-state index contributed by atoms with van der Waals surface area (Å²) in [6.07, 6.45) is 5.23. The van der Waals surface area contributed by atoms with E-state index in [1.807, 2.05) is 6.20 Å². The number of nitrogens with zero attached hydrogens (tertiary/aromatic N) is 2. The molecule has 0 spiro atoms. The van der Waals surface area contributed by atoms with E-state index < -0.39 is 0 Å². The van der Waals surface area contributed by atoms with E-state index in [2.05, 4.69) is 24.1 Å².